The molecule has 0 bridgehead atoms. The molecule has 1 rings (SSSR count). The van der Waals surface area contributed by atoms with Crippen molar-refractivity contribution >= 4 is 11.3 Å². The Morgan fingerprint density at radius 1 is 1.35 bits per heavy atom. The van der Waals surface area contributed by atoms with Gasteiger partial charge in [-0.1, -0.05) is 27.7 Å². The maximum Gasteiger partial charge on any atom is 0.125 e. The molecule has 0 unspecified atom stereocenters. The van der Waals surface area contributed by atoms with Gasteiger partial charge in [0.1, 0.15) is 10.6 Å². The van der Waals surface area contributed by atoms with E-state index in [1.807, 2.05) is 0 Å². The summed E-state index contributed by atoms with van der Waals surface area (Å²) in [5, 5.41) is 3.18. The summed E-state index contributed by atoms with van der Waals surface area (Å²) in [6, 6.07) is 0. The summed E-state index contributed by atoms with van der Waals surface area (Å²) in [6.45, 7) is 9.13. The monoisotopic (exact) mass is 256 g/mol. The average Bonchev–Trinajstić information content (AvgIpc) is 2.83. The van der Waals surface area contributed by atoms with Crippen molar-refractivity contribution < 1.29 is 4.74 Å². The number of aromatic nitrogens is 1. The Morgan fingerprint density at radius 3 is 2.35 bits per heavy atom. The Kier molecular flexibility index (Phi) is 4.69. The number of ether oxygens (including phenoxy) is 1. The average molecular weight is 256 g/mol. The van der Waals surface area contributed by atoms with E-state index in [1.165, 1.54) is 0 Å². The van der Waals surface area contributed by atoms with Crippen LogP contribution in [-0.4, -0.2) is 18.6 Å². The molecular weight excluding hydrogens is 232 g/mol. The van der Waals surface area contributed by atoms with E-state index in [9.17, 15) is 0 Å². The van der Waals surface area contributed by atoms with Gasteiger partial charge in [0.05, 0.1) is 5.69 Å². The third-order valence-corrected chi connectivity index (χ3v) is 4.66. The summed E-state index contributed by atoms with van der Waals surface area (Å²) < 4.78 is 5.70. The molecule has 0 amide bonds. The Balaban J connectivity index is 3.09. The third-order valence-electron chi connectivity index (χ3n) is 3.63. The highest BCUT2D eigenvalue weighted by Gasteiger charge is 2.33. The molecule has 17 heavy (non-hydrogen) atoms. The molecule has 0 fully saturated rings. The first-order valence-electron chi connectivity index (χ1n) is 6.17. The molecule has 0 aliphatic heterocycles. The van der Waals surface area contributed by atoms with Crippen LogP contribution in [-0.2, 0) is 15.8 Å². The van der Waals surface area contributed by atoms with Gasteiger partial charge in [0, 0.05) is 24.4 Å². The zero-order valence-electron chi connectivity index (χ0n) is 11.5. The molecule has 0 saturated heterocycles. The van der Waals surface area contributed by atoms with Gasteiger partial charge >= 0.3 is 0 Å². The maximum atomic E-state index is 5.79. The van der Waals surface area contributed by atoms with Gasteiger partial charge in [-0.3, -0.25) is 0 Å². The van der Waals surface area contributed by atoms with E-state index < -0.39 is 0 Å². The molecule has 4 heteroatoms. The van der Waals surface area contributed by atoms with E-state index in [1.54, 1.807) is 18.4 Å². The van der Waals surface area contributed by atoms with Gasteiger partial charge in [0.15, 0.2) is 0 Å². The largest absolute Gasteiger partial charge is 0.371 e. The minimum atomic E-state index is -0.229. The van der Waals surface area contributed by atoms with Crippen LogP contribution >= 0.6 is 11.3 Å². The molecule has 0 spiro atoms. The minimum absolute atomic E-state index is 0.0598. The number of methoxy groups -OCH3 is 1. The first-order chi connectivity index (χ1) is 7.95. The normalized spacial score (nSPS) is 13.1. The van der Waals surface area contributed by atoms with Crippen molar-refractivity contribution in [1.82, 2.24) is 4.98 Å². The Morgan fingerprint density at radius 2 is 1.94 bits per heavy atom. The maximum absolute atomic E-state index is 5.79. The first kappa shape index (κ1) is 14.6. The SMILES string of the molecule is CCC(CC)(OC)c1nc(C(C)(C)CN)cs1. The predicted octanol–water partition coefficient (Wildman–Crippen LogP) is 3.04. The quantitative estimate of drug-likeness (QED) is 0.851. The van der Waals surface area contributed by atoms with E-state index in [2.05, 4.69) is 33.1 Å². The smallest absolute Gasteiger partial charge is 0.125 e. The lowest BCUT2D eigenvalue weighted by molar-refractivity contribution is -0.0220. The van der Waals surface area contributed by atoms with Gasteiger partial charge < -0.3 is 10.5 Å². The molecular formula is C13H24N2OS. The van der Waals surface area contributed by atoms with E-state index in [-0.39, 0.29) is 11.0 Å². The van der Waals surface area contributed by atoms with Crippen LogP contribution in [0.2, 0.25) is 0 Å². The van der Waals surface area contributed by atoms with Crippen LogP contribution in [0.1, 0.15) is 51.2 Å². The molecule has 3 nitrogen and oxygen atoms in total. The van der Waals surface area contributed by atoms with Crippen LogP contribution in [0.5, 0.6) is 0 Å². The van der Waals surface area contributed by atoms with Crippen LogP contribution in [0.25, 0.3) is 0 Å². The molecule has 1 heterocycles. The minimum Gasteiger partial charge on any atom is -0.371 e. The van der Waals surface area contributed by atoms with Crippen molar-refractivity contribution in [3.63, 3.8) is 0 Å². The van der Waals surface area contributed by atoms with E-state index in [0.717, 1.165) is 23.5 Å². The second-order valence-electron chi connectivity index (χ2n) is 5.03. The second kappa shape index (κ2) is 5.46. The van der Waals surface area contributed by atoms with Crippen LogP contribution in [0.3, 0.4) is 0 Å². The number of hydrogen-bond acceptors (Lipinski definition) is 4. The highest BCUT2D eigenvalue weighted by Crippen LogP contribution is 2.36. The lowest BCUT2D eigenvalue weighted by atomic mass is 9.90. The van der Waals surface area contributed by atoms with Gasteiger partial charge in [-0.15, -0.1) is 11.3 Å². The van der Waals surface area contributed by atoms with Crippen molar-refractivity contribution in [3.05, 3.63) is 16.1 Å². The van der Waals surface area contributed by atoms with Gasteiger partial charge in [0.25, 0.3) is 0 Å². The summed E-state index contributed by atoms with van der Waals surface area (Å²) in [5.41, 5.74) is 6.57. The number of rotatable bonds is 6. The number of nitrogens with zero attached hydrogens (tertiary/aromatic N) is 1. The van der Waals surface area contributed by atoms with Crippen LogP contribution in [0, 0.1) is 0 Å². The lowest BCUT2D eigenvalue weighted by Gasteiger charge is -2.28. The zero-order chi connectivity index (χ0) is 13.1. The fraction of sp³-hybridized carbons (Fsp3) is 0.769. The zero-order valence-corrected chi connectivity index (χ0v) is 12.4. The number of thiazole rings is 1. The van der Waals surface area contributed by atoms with E-state index in [4.69, 9.17) is 15.5 Å². The van der Waals surface area contributed by atoms with E-state index in [0.29, 0.717) is 6.54 Å². The van der Waals surface area contributed by atoms with Gasteiger partial charge in [0.2, 0.25) is 0 Å². The molecule has 0 aliphatic carbocycles. The molecule has 0 aromatic carbocycles. The summed E-state index contributed by atoms with van der Waals surface area (Å²) in [4.78, 5) is 4.75. The molecule has 1 aromatic rings. The molecule has 0 atom stereocenters. The highest BCUT2D eigenvalue weighted by molar-refractivity contribution is 7.09. The van der Waals surface area contributed by atoms with Gasteiger partial charge in [-0.2, -0.15) is 0 Å². The molecule has 0 radical (unpaired) electrons. The fourth-order valence-electron chi connectivity index (χ4n) is 1.83. The Labute approximate surface area is 108 Å². The highest BCUT2D eigenvalue weighted by atomic mass is 32.1. The van der Waals surface area contributed by atoms with Crippen molar-refractivity contribution in [3.8, 4) is 0 Å². The summed E-state index contributed by atoms with van der Waals surface area (Å²) in [7, 11) is 1.77. The summed E-state index contributed by atoms with van der Waals surface area (Å²) in [5.74, 6) is 0. The van der Waals surface area contributed by atoms with E-state index >= 15 is 0 Å². The molecule has 2 N–H and O–H groups in total. The molecule has 0 aliphatic rings. The summed E-state index contributed by atoms with van der Waals surface area (Å²) in [6.07, 6.45) is 1.88. The molecule has 98 valence electrons. The molecule has 1 aromatic heterocycles. The van der Waals surface area contributed by atoms with Gasteiger partial charge in [-0.05, 0) is 12.8 Å². The first-order valence-corrected chi connectivity index (χ1v) is 7.05. The van der Waals surface area contributed by atoms with Crippen LogP contribution in [0.4, 0.5) is 0 Å². The molecule has 0 saturated carbocycles. The number of nitrogens with two attached hydrogens (primary N) is 1. The van der Waals surface area contributed by atoms with Crippen molar-refractivity contribution in [1.29, 1.82) is 0 Å². The second-order valence-corrected chi connectivity index (χ2v) is 5.89. The Bertz CT molecular complexity index is 348. The van der Waals surface area contributed by atoms with Crippen molar-refractivity contribution in [2.45, 2.75) is 51.6 Å². The number of hydrogen-bond donors (Lipinski definition) is 1. The van der Waals surface area contributed by atoms with Crippen LogP contribution < -0.4 is 5.73 Å². The van der Waals surface area contributed by atoms with Crippen molar-refractivity contribution in [2.24, 2.45) is 5.73 Å². The third kappa shape index (κ3) is 2.69. The topological polar surface area (TPSA) is 48.1 Å². The fourth-order valence-corrected chi connectivity index (χ4v) is 3.16. The van der Waals surface area contributed by atoms with Gasteiger partial charge in [-0.25, -0.2) is 4.98 Å². The lowest BCUT2D eigenvalue weighted by Crippen LogP contribution is -2.30. The predicted molar refractivity (Wildman–Crippen MR) is 73.5 cm³/mol. The summed E-state index contributed by atoms with van der Waals surface area (Å²) >= 11 is 1.68. The van der Waals surface area contributed by atoms with Crippen LogP contribution in [0.15, 0.2) is 5.38 Å². The Hall–Kier alpha value is -0.450. The van der Waals surface area contributed by atoms with Crippen molar-refractivity contribution in [2.75, 3.05) is 13.7 Å². The standard InChI is InChI=1S/C13H24N2OS/c1-6-13(7-2,16-5)11-15-10(8-17-11)12(3,4)9-14/h8H,6-7,9,14H2,1-5H3.